The van der Waals surface area contributed by atoms with Gasteiger partial charge in [0, 0.05) is 6.42 Å². The van der Waals surface area contributed by atoms with Crippen molar-refractivity contribution in [2.75, 3.05) is 0 Å². The lowest BCUT2D eigenvalue weighted by Gasteiger charge is -2.15. The second-order valence-corrected chi connectivity index (χ2v) is 5.38. The van der Waals surface area contributed by atoms with Gasteiger partial charge in [-0.25, -0.2) is 0 Å². The van der Waals surface area contributed by atoms with E-state index in [4.69, 9.17) is 0 Å². The predicted octanol–water partition coefficient (Wildman–Crippen LogP) is 3.86. The quantitative estimate of drug-likeness (QED) is 0.812. The molecule has 0 spiro atoms. The Balaban J connectivity index is 2.67. The van der Waals surface area contributed by atoms with E-state index in [9.17, 15) is 4.79 Å². The molecule has 1 aromatic carbocycles. The number of carbonyl (C=O) groups is 1. The summed E-state index contributed by atoms with van der Waals surface area (Å²) < 4.78 is 0. The molecule has 2 heteroatoms. The number of benzene rings is 1. The van der Waals surface area contributed by atoms with Crippen molar-refractivity contribution >= 4 is 5.91 Å². The zero-order chi connectivity index (χ0) is 13.5. The largest absolute Gasteiger partial charge is 0.350 e. The zero-order valence-corrected chi connectivity index (χ0v) is 12.0. The summed E-state index contributed by atoms with van der Waals surface area (Å²) in [4.78, 5) is 11.6. The highest BCUT2D eigenvalue weighted by Crippen LogP contribution is 2.16. The standard InChI is InChI=1S/C16H25NO/c1-5-7-16(18)17-13(4)15-9-6-8-14(11-15)10-12(2)3/h6,8-9,11-13H,5,7,10H2,1-4H3,(H,17,18). The van der Waals surface area contributed by atoms with Crippen LogP contribution in [0.4, 0.5) is 0 Å². The topological polar surface area (TPSA) is 29.1 Å². The van der Waals surface area contributed by atoms with Crippen LogP contribution in [0.25, 0.3) is 0 Å². The fourth-order valence-corrected chi connectivity index (χ4v) is 2.08. The van der Waals surface area contributed by atoms with Crippen LogP contribution in [0.2, 0.25) is 0 Å². The third kappa shape index (κ3) is 4.91. The van der Waals surface area contributed by atoms with Gasteiger partial charge in [-0.2, -0.15) is 0 Å². The van der Waals surface area contributed by atoms with E-state index in [1.165, 1.54) is 11.1 Å². The lowest BCUT2D eigenvalue weighted by Crippen LogP contribution is -2.26. The number of rotatable bonds is 6. The van der Waals surface area contributed by atoms with Gasteiger partial charge >= 0.3 is 0 Å². The molecule has 2 nitrogen and oxygen atoms in total. The van der Waals surface area contributed by atoms with Gasteiger partial charge in [0.05, 0.1) is 6.04 Å². The Morgan fingerprint density at radius 1 is 1.28 bits per heavy atom. The van der Waals surface area contributed by atoms with E-state index in [-0.39, 0.29) is 11.9 Å². The van der Waals surface area contributed by atoms with Crippen LogP contribution in [0.5, 0.6) is 0 Å². The molecule has 1 rings (SSSR count). The summed E-state index contributed by atoms with van der Waals surface area (Å²) in [6.45, 7) is 8.51. The van der Waals surface area contributed by atoms with Crippen molar-refractivity contribution < 1.29 is 4.79 Å². The molecular formula is C16H25NO. The summed E-state index contributed by atoms with van der Waals surface area (Å²) in [5.41, 5.74) is 2.54. The first kappa shape index (κ1) is 14.7. The first-order valence-electron chi connectivity index (χ1n) is 6.91. The van der Waals surface area contributed by atoms with Crippen molar-refractivity contribution in [3.05, 3.63) is 35.4 Å². The van der Waals surface area contributed by atoms with E-state index >= 15 is 0 Å². The minimum Gasteiger partial charge on any atom is -0.350 e. The Labute approximate surface area is 111 Å². The van der Waals surface area contributed by atoms with E-state index in [0.29, 0.717) is 12.3 Å². The number of carbonyl (C=O) groups excluding carboxylic acids is 1. The maximum Gasteiger partial charge on any atom is 0.220 e. The molecule has 1 amide bonds. The van der Waals surface area contributed by atoms with Gasteiger partial charge in [0.1, 0.15) is 0 Å². The summed E-state index contributed by atoms with van der Waals surface area (Å²) in [5, 5.41) is 3.04. The molecule has 0 heterocycles. The SMILES string of the molecule is CCCC(=O)NC(C)c1cccc(CC(C)C)c1. The summed E-state index contributed by atoms with van der Waals surface area (Å²) in [7, 11) is 0. The molecule has 0 saturated heterocycles. The van der Waals surface area contributed by atoms with Gasteiger partial charge in [0.2, 0.25) is 5.91 Å². The highest BCUT2D eigenvalue weighted by Gasteiger charge is 2.09. The molecule has 1 N–H and O–H groups in total. The molecule has 1 aromatic rings. The molecule has 0 aliphatic rings. The second-order valence-electron chi connectivity index (χ2n) is 5.38. The van der Waals surface area contributed by atoms with Gasteiger partial charge in [-0.05, 0) is 36.8 Å². The number of hydrogen-bond acceptors (Lipinski definition) is 1. The average Bonchev–Trinajstić information content (AvgIpc) is 2.28. The lowest BCUT2D eigenvalue weighted by molar-refractivity contribution is -0.121. The van der Waals surface area contributed by atoms with Crippen LogP contribution in [0.1, 0.15) is 57.7 Å². The molecule has 0 saturated carbocycles. The molecule has 0 aliphatic heterocycles. The Hall–Kier alpha value is -1.31. The maximum absolute atomic E-state index is 11.6. The van der Waals surface area contributed by atoms with Crippen LogP contribution in [0.15, 0.2) is 24.3 Å². The molecule has 0 bridgehead atoms. The summed E-state index contributed by atoms with van der Waals surface area (Å²) in [5.74, 6) is 0.796. The molecule has 0 aliphatic carbocycles. The fourth-order valence-electron chi connectivity index (χ4n) is 2.08. The number of amides is 1. The number of nitrogens with one attached hydrogen (secondary N) is 1. The van der Waals surface area contributed by atoms with E-state index in [2.05, 4.69) is 43.4 Å². The highest BCUT2D eigenvalue weighted by molar-refractivity contribution is 5.76. The van der Waals surface area contributed by atoms with Gasteiger partial charge in [-0.3, -0.25) is 4.79 Å². The Morgan fingerprint density at radius 2 is 2.00 bits per heavy atom. The van der Waals surface area contributed by atoms with E-state index < -0.39 is 0 Å². The highest BCUT2D eigenvalue weighted by atomic mass is 16.1. The fraction of sp³-hybridized carbons (Fsp3) is 0.562. The maximum atomic E-state index is 11.6. The van der Waals surface area contributed by atoms with Gasteiger partial charge in [-0.1, -0.05) is 45.0 Å². The van der Waals surface area contributed by atoms with Crippen molar-refractivity contribution in [1.29, 1.82) is 0 Å². The van der Waals surface area contributed by atoms with Crippen molar-refractivity contribution in [3.63, 3.8) is 0 Å². The van der Waals surface area contributed by atoms with Gasteiger partial charge in [0.15, 0.2) is 0 Å². The minimum absolute atomic E-state index is 0.0937. The second kappa shape index (κ2) is 7.20. The molecule has 0 radical (unpaired) electrons. The monoisotopic (exact) mass is 247 g/mol. The van der Waals surface area contributed by atoms with Crippen LogP contribution in [0.3, 0.4) is 0 Å². The van der Waals surface area contributed by atoms with Crippen molar-refractivity contribution in [1.82, 2.24) is 5.32 Å². The van der Waals surface area contributed by atoms with Crippen LogP contribution < -0.4 is 5.32 Å². The van der Waals surface area contributed by atoms with Gasteiger partial charge in [-0.15, -0.1) is 0 Å². The summed E-state index contributed by atoms with van der Waals surface area (Å²) >= 11 is 0. The van der Waals surface area contributed by atoms with Gasteiger partial charge in [0.25, 0.3) is 0 Å². The summed E-state index contributed by atoms with van der Waals surface area (Å²) in [6, 6.07) is 8.62. The van der Waals surface area contributed by atoms with E-state index in [1.54, 1.807) is 0 Å². The van der Waals surface area contributed by atoms with Crippen LogP contribution >= 0.6 is 0 Å². The zero-order valence-electron chi connectivity index (χ0n) is 12.0. The average molecular weight is 247 g/mol. The first-order valence-corrected chi connectivity index (χ1v) is 6.91. The Bertz CT molecular complexity index is 384. The van der Waals surface area contributed by atoms with E-state index in [1.807, 2.05) is 13.8 Å². The molecule has 0 aromatic heterocycles. The molecule has 0 fully saturated rings. The van der Waals surface area contributed by atoms with Crippen molar-refractivity contribution in [3.8, 4) is 0 Å². The first-order chi connectivity index (χ1) is 8.52. The molecule has 18 heavy (non-hydrogen) atoms. The minimum atomic E-state index is 0.0937. The van der Waals surface area contributed by atoms with Crippen LogP contribution in [0, 0.1) is 5.92 Å². The molecule has 1 unspecified atom stereocenters. The van der Waals surface area contributed by atoms with E-state index in [0.717, 1.165) is 12.8 Å². The van der Waals surface area contributed by atoms with Gasteiger partial charge < -0.3 is 5.32 Å². The van der Waals surface area contributed by atoms with Crippen molar-refractivity contribution in [2.45, 2.75) is 53.0 Å². The normalized spacial score (nSPS) is 12.5. The molecule has 100 valence electrons. The predicted molar refractivity (Wildman–Crippen MR) is 76.4 cm³/mol. The third-order valence-corrected chi connectivity index (χ3v) is 2.95. The van der Waals surface area contributed by atoms with Crippen molar-refractivity contribution in [2.24, 2.45) is 5.92 Å². The van der Waals surface area contributed by atoms with Crippen LogP contribution in [-0.2, 0) is 11.2 Å². The number of hydrogen-bond donors (Lipinski definition) is 1. The molecule has 1 atom stereocenters. The Morgan fingerprint density at radius 3 is 2.61 bits per heavy atom. The molecular weight excluding hydrogens is 222 g/mol. The smallest absolute Gasteiger partial charge is 0.220 e. The summed E-state index contributed by atoms with van der Waals surface area (Å²) in [6.07, 6.45) is 2.59. The third-order valence-electron chi connectivity index (χ3n) is 2.95. The Kier molecular flexibility index (Phi) is 5.90. The van der Waals surface area contributed by atoms with Crippen LogP contribution in [-0.4, -0.2) is 5.91 Å². The lowest BCUT2D eigenvalue weighted by atomic mass is 9.99.